The maximum atomic E-state index is 12.0. The van der Waals surface area contributed by atoms with E-state index in [0.29, 0.717) is 31.1 Å². The Hall–Kier alpha value is -4.84. The summed E-state index contributed by atoms with van der Waals surface area (Å²) in [6.45, 7) is 8.29. The summed E-state index contributed by atoms with van der Waals surface area (Å²) < 4.78 is 12.1. The van der Waals surface area contributed by atoms with Crippen molar-refractivity contribution in [3.63, 3.8) is 0 Å². The van der Waals surface area contributed by atoms with Gasteiger partial charge in [0.25, 0.3) is 5.91 Å². The van der Waals surface area contributed by atoms with Crippen molar-refractivity contribution in [1.82, 2.24) is 20.2 Å². The molecule has 0 saturated carbocycles. The Morgan fingerprint density at radius 2 is 1.74 bits per heavy atom. The molecule has 0 bridgehead atoms. The van der Waals surface area contributed by atoms with Gasteiger partial charge in [-0.05, 0) is 63.1 Å². The predicted octanol–water partition coefficient (Wildman–Crippen LogP) is 3.68. The standard InChI is InChI=1S/C18H24N2O4.C12H15N5O/c1-6-23-16(21)15-10-13-12(8-7-9-14(13)20(15)5)11-19-17(22)24-18(2,3)4;1-15-12(14)17-11(18)10-5-8-7(6-13)3-2-4-9(8)16-10/h7-10H,6,11H2,1-5H3,(H,19,22);2-5,16H,6,13H2,1H3,(H3,14,15,17,18). The molecule has 0 aliphatic heterocycles. The van der Waals surface area contributed by atoms with Crippen LogP contribution in [-0.4, -0.2) is 52.7 Å². The second-order valence-corrected chi connectivity index (χ2v) is 10.3. The van der Waals surface area contributed by atoms with Crippen molar-refractivity contribution in [2.24, 2.45) is 23.5 Å². The molecule has 7 N–H and O–H groups in total. The van der Waals surface area contributed by atoms with E-state index in [1.807, 2.05) is 64.2 Å². The largest absolute Gasteiger partial charge is 0.461 e. The first kappa shape index (κ1) is 31.7. The van der Waals surface area contributed by atoms with E-state index in [9.17, 15) is 14.4 Å². The Labute approximate surface area is 244 Å². The highest BCUT2D eigenvalue weighted by Gasteiger charge is 2.18. The molecule has 42 heavy (non-hydrogen) atoms. The molecule has 0 aliphatic rings. The monoisotopic (exact) mass is 577 g/mol. The molecule has 0 atom stereocenters. The van der Waals surface area contributed by atoms with E-state index in [1.54, 1.807) is 23.6 Å². The summed E-state index contributed by atoms with van der Waals surface area (Å²) in [7, 11) is 3.33. The Kier molecular flexibility index (Phi) is 10.3. The minimum absolute atomic E-state index is 0.0812. The van der Waals surface area contributed by atoms with Crippen LogP contribution in [0, 0.1) is 0 Å². The molecule has 2 aromatic carbocycles. The van der Waals surface area contributed by atoms with Crippen LogP contribution in [0.15, 0.2) is 53.5 Å². The number of ether oxygens (including phenoxy) is 2. The number of benzene rings is 2. The maximum absolute atomic E-state index is 12.0. The second-order valence-electron chi connectivity index (χ2n) is 10.3. The van der Waals surface area contributed by atoms with Crippen LogP contribution in [-0.2, 0) is 29.6 Å². The van der Waals surface area contributed by atoms with Crippen molar-refractivity contribution in [3.8, 4) is 0 Å². The van der Waals surface area contributed by atoms with E-state index in [4.69, 9.17) is 20.9 Å². The Morgan fingerprint density at radius 3 is 2.38 bits per heavy atom. The van der Waals surface area contributed by atoms with Gasteiger partial charge in [0.2, 0.25) is 0 Å². The number of fused-ring (bicyclic) bond motifs is 2. The Balaban J connectivity index is 0.000000240. The van der Waals surface area contributed by atoms with E-state index in [1.165, 1.54) is 7.05 Å². The SMILES string of the molecule is CCOC(=O)c1cc2c(CNC(=O)OC(C)(C)C)cccc2n1C.CN=C(N)NC(=O)c1cc2c(CN)cccc2[nH]1. The minimum atomic E-state index is -0.542. The molecule has 0 radical (unpaired) electrons. The zero-order valence-corrected chi connectivity index (χ0v) is 24.8. The van der Waals surface area contributed by atoms with E-state index < -0.39 is 11.7 Å². The van der Waals surface area contributed by atoms with Crippen LogP contribution in [0.2, 0.25) is 0 Å². The van der Waals surface area contributed by atoms with Gasteiger partial charge in [-0.2, -0.15) is 0 Å². The lowest BCUT2D eigenvalue weighted by Crippen LogP contribution is -2.36. The lowest BCUT2D eigenvalue weighted by molar-refractivity contribution is 0.0508. The number of carbonyl (C=O) groups is 3. The summed E-state index contributed by atoms with van der Waals surface area (Å²) in [6, 6.07) is 15.0. The lowest BCUT2D eigenvalue weighted by Gasteiger charge is -2.19. The molecule has 0 fully saturated rings. The first-order chi connectivity index (χ1) is 19.9. The third-order valence-corrected chi connectivity index (χ3v) is 6.19. The van der Waals surface area contributed by atoms with Crippen molar-refractivity contribution in [2.75, 3.05) is 13.7 Å². The Bertz CT molecular complexity index is 1610. The normalized spacial score (nSPS) is 11.5. The zero-order chi connectivity index (χ0) is 31.0. The lowest BCUT2D eigenvalue weighted by atomic mass is 10.1. The average Bonchev–Trinajstić information content (AvgIpc) is 3.53. The van der Waals surface area contributed by atoms with Gasteiger partial charge in [0.05, 0.1) is 6.61 Å². The molecule has 0 aliphatic carbocycles. The van der Waals surface area contributed by atoms with Gasteiger partial charge in [0.1, 0.15) is 17.0 Å². The van der Waals surface area contributed by atoms with Crippen molar-refractivity contribution in [3.05, 3.63) is 71.0 Å². The van der Waals surface area contributed by atoms with Gasteiger partial charge in [-0.1, -0.05) is 24.3 Å². The quantitative estimate of drug-likeness (QED) is 0.132. The minimum Gasteiger partial charge on any atom is -0.461 e. The number of aromatic nitrogens is 2. The highest BCUT2D eigenvalue weighted by molar-refractivity contribution is 6.06. The number of alkyl carbamates (subject to hydrolysis) is 1. The third-order valence-electron chi connectivity index (χ3n) is 6.19. The summed E-state index contributed by atoms with van der Waals surface area (Å²) in [5.74, 6) is -0.600. The number of nitrogens with one attached hydrogen (secondary N) is 3. The number of aromatic amines is 1. The zero-order valence-electron chi connectivity index (χ0n) is 24.8. The molecule has 0 unspecified atom stereocenters. The van der Waals surface area contributed by atoms with Crippen molar-refractivity contribution in [2.45, 2.75) is 46.4 Å². The summed E-state index contributed by atoms with van der Waals surface area (Å²) in [5, 5.41) is 7.06. The molecule has 224 valence electrons. The second kappa shape index (κ2) is 13.7. The van der Waals surface area contributed by atoms with Gasteiger partial charge in [0, 0.05) is 49.0 Å². The van der Waals surface area contributed by atoms with Crippen LogP contribution < -0.4 is 22.1 Å². The van der Waals surface area contributed by atoms with Crippen LogP contribution in [0.25, 0.3) is 21.8 Å². The molecule has 2 aromatic heterocycles. The van der Waals surface area contributed by atoms with Crippen LogP contribution in [0.3, 0.4) is 0 Å². The molecule has 2 amide bonds. The Morgan fingerprint density at radius 1 is 1.05 bits per heavy atom. The van der Waals surface area contributed by atoms with Gasteiger partial charge >= 0.3 is 12.1 Å². The highest BCUT2D eigenvalue weighted by Crippen LogP contribution is 2.24. The smallest absolute Gasteiger partial charge is 0.407 e. The fraction of sp³-hybridized carbons (Fsp3) is 0.333. The number of aliphatic imine (C=N–C) groups is 1. The van der Waals surface area contributed by atoms with E-state index in [2.05, 4.69) is 20.6 Å². The fourth-order valence-electron chi connectivity index (χ4n) is 4.22. The average molecular weight is 578 g/mol. The van der Waals surface area contributed by atoms with Crippen molar-refractivity contribution >= 4 is 45.7 Å². The number of hydrogen-bond acceptors (Lipinski definition) is 7. The number of nitrogens with two attached hydrogens (primary N) is 2. The topological polar surface area (TPSA) is 179 Å². The first-order valence-electron chi connectivity index (χ1n) is 13.4. The van der Waals surface area contributed by atoms with E-state index in [-0.39, 0.29) is 17.8 Å². The summed E-state index contributed by atoms with van der Waals surface area (Å²) in [5.41, 5.74) is 15.1. The number of aryl methyl sites for hydroxylation is 1. The van der Waals surface area contributed by atoms with Gasteiger partial charge in [-0.3, -0.25) is 15.1 Å². The highest BCUT2D eigenvalue weighted by atomic mass is 16.6. The maximum Gasteiger partial charge on any atom is 0.407 e. The number of carbonyl (C=O) groups excluding carboxylic acids is 3. The van der Waals surface area contributed by atoms with Gasteiger partial charge < -0.3 is 35.8 Å². The summed E-state index contributed by atoms with van der Waals surface area (Å²) in [4.78, 5) is 42.4. The summed E-state index contributed by atoms with van der Waals surface area (Å²) in [6.07, 6.45) is -0.471. The molecule has 12 nitrogen and oxygen atoms in total. The van der Waals surface area contributed by atoms with Crippen LogP contribution >= 0.6 is 0 Å². The molecule has 2 heterocycles. The molecule has 4 aromatic rings. The predicted molar refractivity (Wildman–Crippen MR) is 163 cm³/mol. The molecule has 0 spiro atoms. The number of hydrogen-bond donors (Lipinski definition) is 5. The van der Waals surface area contributed by atoms with E-state index in [0.717, 1.165) is 32.9 Å². The molecular weight excluding hydrogens is 538 g/mol. The van der Waals surface area contributed by atoms with Crippen LogP contribution in [0.1, 0.15) is 59.8 Å². The third kappa shape index (κ3) is 7.88. The number of rotatable bonds is 6. The van der Waals surface area contributed by atoms with Crippen molar-refractivity contribution < 1.29 is 23.9 Å². The summed E-state index contributed by atoms with van der Waals surface area (Å²) >= 11 is 0. The van der Waals surface area contributed by atoms with Gasteiger partial charge in [-0.25, -0.2) is 9.59 Å². The molecular formula is C30H39N7O5. The fourth-order valence-corrected chi connectivity index (χ4v) is 4.22. The van der Waals surface area contributed by atoms with E-state index >= 15 is 0 Å². The first-order valence-corrected chi connectivity index (χ1v) is 13.4. The van der Waals surface area contributed by atoms with Crippen molar-refractivity contribution in [1.29, 1.82) is 0 Å². The van der Waals surface area contributed by atoms with Gasteiger partial charge in [-0.15, -0.1) is 0 Å². The number of amides is 2. The number of guanidine groups is 1. The molecule has 4 rings (SSSR count). The number of nitrogens with zero attached hydrogens (tertiary/aromatic N) is 2. The van der Waals surface area contributed by atoms with Crippen LogP contribution in [0.5, 0.6) is 0 Å². The number of H-pyrrole nitrogens is 1. The molecule has 0 saturated heterocycles. The number of esters is 1. The van der Waals surface area contributed by atoms with Gasteiger partial charge in [0.15, 0.2) is 5.96 Å². The molecule has 12 heteroatoms. The van der Waals surface area contributed by atoms with Crippen LogP contribution in [0.4, 0.5) is 4.79 Å².